The van der Waals surface area contributed by atoms with Crippen LogP contribution in [0.2, 0.25) is 0 Å². The van der Waals surface area contributed by atoms with E-state index in [1.54, 1.807) is 0 Å². The van der Waals surface area contributed by atoms with Crippen molar-refractivity contribution < 1.29 is 81.2 Å². The highest BCUT2D eigenvalue weighted by Crippen LogP contribution is 2.34. The molecule has 45 heavy (non-hydrogen) atoms. The van der Waals surface area contributed by atoms with Gasteiger partial charge in [0.1, 0.15) is 31.5 Å². The van der Waals surface area contributed by atoms with Crippen LogP contribution in [0.5, 0.6) is 0 Å². The molecule has 0 saturated carbocycles. The van der Waals surface area contributed by atoms with Gasteiger partial charge in [0, 0.05) is 48.1 Å². The number of hydrogen-bond acceptors (Lipinski definition) is 17. The molecule has 1 N–H and O–H groups in total. The van der Waals surface area contributed by atoms with Gasteiger partial charge in [-0.05, 0) is 6.42 Å². The van der Waals surface area contributed by atoms with Crippen molar-refractivity contribution >= 4 is 35.8 Å². The molecular weight excluding hydrogens is 608 g/mol. The van der Waals surface area contributed by atoms with Crippen molar-refractivity contribution in [1.82, 2.24) is 0 Å². The Morgan fingerprint density at radius 3 is 1.42 bits per heavy atom. The highest BCUT2D eigenvalue weighted by atomic mass is 16.8. The van der Waals surface area contributed by atoms with Crippen LogP contribution in [0.4, 0.5) is 0 Å². The average Bonchev–Trinajstić information content (AvgIpc) is 2.91. The zero-order valence-corrected chi connectivity index (χ0v) is 26.3. The third kappa shape index (κ3) is 11.8. The van der Waals surface area contributed by atoms with Crippen LogP contribution in [0.3, 0.4) is 0 Å². The molecule has 2 aliphatic rings. The number of esters is 6. The highest BCUT2D eigenvalue weighted by molar-refractivity contribution is 5.68. The Labute approximate surface area is 259 Å². The molecule has 0 aromatic carbocycles. The lowest BCUT2D eigenvalue weighted by Gasteiger charge is -2.48. The summed E-state index contributed by atoms with van der Waals surface area (Å²) < 4.78 is 55.6. The van der Waals surface area contributed by atoms with Crippen molar-refractivity contribution in [3.05, 3.63) is 0 Å². The highest BCUT2D eigenvalue weighted by Gasteiger charge is 2.56. The van der Waals surface area contributed by atoms with E-state index in [4.69, 9.17) is 47.4 Å². The van der Waals surface area contributed by atoms with E-state index in [-0.39, 0.29) is 6.61 Å². The Morgan fingerprint density at radius 2 is 1.00 bits per heavy atom. The molecule has 2 rings (SSSR count). The Bertz CT molecular complexity index is 1050. The van der Waals surface area contributed by atoms with Crippen LogP contribution in [0, 0.1) is 0 Å². The topological polar surface area (TPSA) is 215 Å². The molecule has 2 fully saturated rings. The van der Waals surface area contributed by atoms with Crippen LogP contribution in [0.15, 0.2) is 0 Å². The standard InChI is InChI=1S/C28H42O17/c1-8-9-10-36-26-24(42-18(7)34)22(40-16(5)32)20(12-38-14(3)30)44-28(26)45-25-23(41-17(6)33)21(39-15(4)31)19(43-27(25)35)11-37-13(2)29/h19-28,35H,8-12H2,1-7H3/t19-,20+,21+,22+,23-,24-,25-,26-,27-,28+/m0/s1. The van der Waals surface area contributed by atoms with E-state index in [0.29, 0.717) is 12.8 Å². The Morgan fingerprint density at radius 1 is 0.578 bits per heavy atom. The molecular formula is C28H42O17. The minimum absolute atomic E-state index is 0.0984. The minimum atomic E-state index is -1.90. The van der Waals surface area contributed by atoms with Crippen molar-refractivity contribution in [2.45, 2.75) is 123 Å². The van der Waals surface area contributed by atoms with E-state index in [2.05, 4.69) is 0 Å². The summed E-state index contributed by atoms with van der Waals surface area (Å²) in [4.78, 5) is 71.6. The molecule has 17 heteroatoms. The monoisotopic (exact) mass is 650 g/mol. The third-order valence-electron chi connectivity index (χ3n) is 6.41. The van der Waals surface area contributed by atoms with Crippen molar-refractivity contribution in [2.75, 3.05) is 19.8 Å². The summed E-state index contributed by atoms with van der Waals surface area (Å²) in [7, 11) is 0. The van der Waals surface area contributed by atoms with Gasteiger partial charge in [0.05, 0.1) is 0 Å². The first-order valence-corrected chi connectivity index (χ1v) is 14.4. The molecule has 256 valence electrons. The van der Waals surface area contributed by atoms with Crippen molar-refractivity contribution in [2.24, 2.45) is 0 Å². The molecule has 0 spiro atoms. The molecule has 2 heterocycles. The van der Waals surface area contributed by atoms with Gasteiger partial charge in [-0.1, -0.05) is 13.3 Å². The first kappa shape index (κ1) is 37.8. The maximum absolute atomic E-state index is 12.2. The van der Waals surface area contributed by atoms with E-state index >= 15 is 0 Å². The summed E-state index contributed by atoms with van der Waals surface area (Å²) in [6.07, 6.45) is -13.5. The first-order chi connectivity index (χ1) is 21.1. The molecule has 0 amide bonds. The first-order valence-electron chi connectivity index (χ1n) is 14.4. The lowest BCUT2D eigenvalue weighted by Crippen LogP contribution is -2.66. The second kappa shape index (κ2) is 17.9. The van der Waals surface area contributed by atoms with Crippen molar-refractivity contribution in [3.63, 3.8) is 0 Å². The van der Waals surface area contributed by atoms with Gasteiger partial charge in [-0.3, -0.25) is 28.8 Å². The maximum Gasteiger partial charge on any atom is 0.303 e. The molecule has 10 atom stereocenters. The molecule has 0 aromatic heterocycles. The summed E-state index contributed by atoms with van der Waals surface area (Å²) in [6, 6.07) is 0. The number of unbranched alkanes of at least 4 members (excludes halogenated alkanes) is 1. The zero-order valence-electron chi connectivity index (χ0n) is 26.3. The van der Waals surface area contributed by atoms with E-state index in [0.717, 1.165) is 41.5 Å². The van der Waals surface area contributed by atoms with Gasteiger partial charge in [0.15, 0.2) is 43.1 Å². The molecule has 2 aliphatic heterocycles. The van der Waals surface area contributed by atoms with E-state index in [9.17, 15) is 33.9 Å². The van der Waals surface area contributed by atoms with Gasteiger partial charge in [-0.15, -0.1) is 0 Å². The number of rotatable bonds is 14. The number of hydrogen-bond donors (Lipinski definition) is 1. The Kier molecular flexibility index (Phi) is 15.1. The van der Waals surface area contributed by atoms with Crippen LogP contribution >= 0.6 is 0 Å². The van der Waals surface area contributed by atoms with Gasteiger partial charge in [-0.25, -0.2) is 0 Å². The van der Waals surface area contributed by atoms with Crippen LogP contribution in [-0.2, 0) is 76.1 Å². The number of carbonyl (C=O) groups is 6. The number of aliphatic hydroxyl groups excluding tert-OH is 1. The predicted molar refractivity (Wildman–Crippen MR) is 145 cm³/mol. The average molecular weight is 651 g/mol. The normalized spacial score (nSPS) is 31.2. The van der Waals surface area contributed by atoms with Crippen molar-refractivity contribution in [3.8, 4) is 0 Å². The van der Waals surface area contributed by atoms with Crippen LogP contribution in [0.25, 0.3) is 0 Å². The van der Waals surface area contributed by atoms with Crippen LogP contribution in [0.1, 0.15) is 61.3 Å². The maximum atomic E-state index is 12.2. The quantitative estimate of drug-likeness (QED) is 0.147. The zero-order chi connectivity index (χ0) is 33.8. The molecule has 0 aromatic rings. The van der Waals surface area contributed by atoms with Gasteiger partial charge in [-0.2, -0.15) is 0 Å². The fourth-order valence-corrected chi connectivity index (χ4v) is 4.71. The number of carbonyl (C=O) groups excluding carboxylic acids is 6. The van der Waals surface area contributed by atoms with Crippen molar-refractivity contribution in [1.29, 1.82) is 0 Å². The fraction of sp³-hybridized carbons (Fsp3) is 0.786. The molecule has 0 bridgehead atoms. The molecule has 0 radical (unpaired) electrons. The fourth-order valence-electron chi connectivity index (χ4n) is 4.71. The molecule has 2 saturated heterocycles. The lowest BCUT2D eigenvalue weighted by molar-refractivity contribution is -0.366. The van der Waals surface area contributed by atoms with Gasteiger partial charge in [0.25, 0.3) is 0 Å². The van der Waals surface area contributed by atoms with E-state index in [1.165, 1.54) is 0 Å². The molecule has 0 aliphatic carbocycles. The third-order valence-corrected chi connectivity index (χ3v) is 6.41. The molecule has 17 nitrogen and oxygen atoms in total. The second-order valence-corrected chi connectivity index (χ2v) is 10.3. The van der Waals surface area contributed by atoms with Gasteiger partial charge < -0.3 is 52.5 Å². The van der Waals surface area contributed by atoms with Gasteiger partial charge in [0.2, 0.25) is 0 Å². The summed E-state index contributed by atoms with van der Waals surface area (Å²) in [5, 5.41) is 11.1. The summed E-state index contributed by atoms with van der Waals surface area (Å²) in [6.45, 7) is 7.67. The summed E-state index contributed by atoms with van der Waals surface area (Å²) >= 11 is 0. The van der Waals surface area contributed by atoms with Crippen LogP contribution < -0.4 is 0 Å². The smallest absolute Gasteiger partial charge is 0.303 e. The predicted octanol–water partition coefficient (Wildman–Crippen LogP) is -0.148. The molecule has 0 unspecified atom stereocenters. The lowest BCUT2D eigenvalue weighted by atomic mass is 9.96. The van der Waals surface area contributed by atoms with Crippen LogP contribution in [-0.4, -0.2) is 122 Å². The number of aliphatic hydroxyl groups is 1. The summed E-state index contributed by atoms with van der Waals surface area (Å²) in [5.41, 5.74) is 0. The second-order valence-electron chi connectivity index (χ2n) is 10.3. The van der Waals surface area contributed by atoms with E-state index < -0.39 is 110 Å². The SMILES string of the molecule is CCCCO[C@@H]1[C@@H](O[C@H]2[C@@H](OC(C)=O)[C@H](OC(C)=O)[C@H](COC(C)=O)O[C@@H]2O)O[C@H](COC(C)=O)[C@@H](OC(C)=O)[C@@H]1OC(C)=O. The van der Waals surface area contributed by atoms with E-state index in [1.807, 2.05) is 6.92 Å². The summed E-state index contributed by atoms with van der Waals surface area (Å²) in [5.74, 6) is -4.62. The largest absolute Gasteiger partial charge is 0.463 e. The van der Waals surface area contributed by atoms with Gasteiger partial charge >= 0.3 is 35.8 Å². The number of ether oxygens (including phenoxy) is 10. The Hall–Kier alpha value is -3.38. The Balaban J connectivity index is 2.58. The minimum Gasteiger partial charge on any atom is -0.463 e.